The van der Waals surface area contributed by atoms with Crippen LogP contribution >= 0.6 is 0 Å². The van der Waals surface area contributed by atoms with Crippen LogP contribution in [-0.4, -0.2) is 93.5 Å². The van der Waals surface area contributed by atoms with Crippen LogP contribution in [0.15, 0.2) is 128 Å². The average molecular weight is 968 g/mol. The van der Waals surface area contributed by atoms with Crippen molar-refractivity contribution in [1.29, 1.82) is 0 Å². The summed E-state index contributed by atoms with van der Waals surface area (Å²) in [6.45, 7) is 1.49. The predicted molar refractivity (Wildman–Crippen MR) is 264 cm³/mol. The molecule has 0 saturated heterocycles. The third kappa shape index (κ3) is 15.5. The molecule has 0 bridgehead atoms. The second kappa shape index (κ2) is 25.6. The Hall–Kier alpha value is -7.99. The lowest BCUT2D eigenvalue weighted by Gasteiger charge is -2.27. The fourth-order valence-corrected chi connectivity index (χ4v) is 8.23. The fourth-order valence-electron chi connectivity index (χ4n) is 8.23. The number of hydrogen-bond donors (Lipinski definition) is 8. The second-order valence-electron chi connectivity index (χ2n) is 17.6. The van der Waals surface area contributed by atoms with E-state index in [-0.39, 0.29) is 38.6 Å². The van der Waals surface area contributed by atoms with Crippen molar-refractivity contribution < 1.29 is 43.0 Å². The number of aromatic nitrogens is 3. The third-order valence-electron chi connectivity index (χ3n) is 12.2. The molecule has 372 valence electrons. The zero-order chi connectivity index (χ0) is 50.0. The molecule has 1 aliphatic carbocycles. The Bertz CT molecular complexity index is 2670. The Labute approximate surface area is 411 Å². The topological polar surface area (TPSA) is 261 Å². The minimum atomic E-state index is -1.42. The highest BCUT2D eigenvalue weighted by Crippen LogP contribution is 2.22. The van der Waals surface area contributed by atoms with E-state index in [4.69, 9.17) is 19.9 Å². The van der Waals surface area contributed by atoms with E-state index in [1.807, 2.05) is 84.9 Å². The maximum atomic E-state index is 14.8. The van der Waals surface area contributed by atoms with Gasteiger partial charge in [-0.05, 0) is 73.1 Å². The molecule has 1 aliphatic rings. The Morgan fingerprint density at radius 2 is 1.23 bits per heavy atom. The Balaban J connectivity index is 1.15. The molecule has 2 aromatic heterocycles. The molecule has 5 atom stereocenters. The molecular formula is C53H61N9O9. The lowest BCUT2D eigenvalue weighted by Crippen LogP contribution is -2.60. The van der Waals surface area contributed by atoms with Gasteiger partial charge in [0.2, 0.25) is 29.5 Å². The smallest absolute Gasteiger partial charge is 0.408 e. The highest BCUT2D eigenvalue weighted by Gasteiger charge is 2.34. The van der Waals surface area contributed by atoms with E-state index in [1.54, 1.807) is 30.5 Å². The van der Waals surface area contributed by atoms with Gasteiger partial charge in [0.25, 0.3) is 0 Å². The first kappa shape index (κ1) is 50.9. The van der Waals surface area contributed by atoms with E-state index in [0.717, 1.165) is 41.3 Å². The molecule has 0 spiro atoms. The fraction of sp³-hybridized carbons (Fsp3) is 0.340. The van der Waals surface area contributed by atoms with Gasteiger partial charge >= 0.3 is 6.09 Å². The Morgan fingerprint density at radius 1 is 0.634 bits per heavy atom. The zero-order valence-corrected chi connectivity index (χ0v) is 39.6. The maximum Gasteiger partial charge on any atom is 0.408 e. The summed E-state index contributed by atoms with van der Waals surface area (Å²) in [4.78, 5) is 93.2. The number of amides is 6. The van der Waals surface area contributed by atoms with Crippen molar-refractivity contribution in [2.75, 3.05) is 6.61 Å². The number of aromatic amines is 2. The number of nitrogens with two attached hydrogens (primary N) is 1. The number of alkyl carbamates (subject to hydrolysis) is 1. The molecule has 18 nitrogen and oxygen atoms in total. The van der Waals surface area contributed by atoms with Gasteiger partial charge < -0.3 is 56.5 Å². The van der Waals surface area contributed by atoms with Gasteiger partial charge in [0.05, 0.1) is 19.5 Å². The number of hydrogen-bond acceptors (Lipinski definition) is 10. The molecule has 9 N–H and O–H groups in total. The number of imidazole rings is 1. The lowest BCUT2D eigenvalue weighted by molar-refractivity contribution is -0.135. The largest absolute Gasteiger partial charge is 0.489 e. The SMILES string of the molecule is C[C@@H](NC(=O)[C@H](Cc1c[nH]c2ccccc12)NC(=O)[C@H](COCc1ccccc1)NC(=O)[C@H](Cc1ccc(OCc2ccccc2)cc1)NC(=O)[C@H](Cc1cnc[nH]1)NC(=O)OC1CCCCC1)C(N)=O. The number of fused-ring (bicyclic) bond motifs is 1. The number of ether oxygens (including phenoxy) is 3. The maximum absolute atomic E-state index is 14.8. The van der Waals surface area contributed by atoms with Crippen LogP contribution in [0.25, 0.3) is 10.9 Å². The van der Waals surface area contributed by atoms with Gasteiger partial charge in [0.15, 0.2) is 0 Å². The van der Waals surface area contributed by atoms with Crippen molar-refractivity contribution in [1.82, 2.24) is 41.5 Å². The van der Waals surface area contributed by atoms with Gasteiger partial charge in [0.1, 0.15) is 48.7 Å². The first-order valence-electron chi connectivity index (χ1n) is 23.8. The summed E-state index contributed by atoms with van der Waals surface area (Å²) < 4.78 is 17.8. The molecule has 1 fully saturated rings. The van der Waals surface area contributed by atoms with E-state index in [2.05, 4.69) is 41.5 Å². The van der Waals surface area contributed by atoms with Crippen LogP contribution in [-0.2, 0) is 65.9 Å². The van der Waals surface area contributed by atoms with Crippen LogP contribution in [0.5, 0.6) is 5.75 Å². The van der Waals surface area contributed by atoms with Gasteiger partial charge in [-0.1, -0.05) is 97.4 Å². The predicted octanol–water partition coefficient (Wildman–Crippen LogP) is 4.59. The monoisotopic (exact) mass is 967 g/mol. The minimum Gasteiger partial charge on any atom is -0.489 e. The quantitative estimate of drug-likeness (QED) is 0.0419. The number of H-pyrrole nitrogens is 2. The van der Waals surface area contributed by atoms with E-state index in [9.17, 15) is 28.8 Å². The van der Waals surface area contributed by atoms with Crippen LogP contribution < -0.4 is 37.1 Å². The molecule has 2 heterocycles. The van der Waals surface area contributed by atoms with Crippen molar-refractivity contribution in [2.45, 2.75) is 108 Å². The number of rotatable bonds is 24. The van der Waals surface area contributed by atoms with E-state index in [1.165, 1.54) is 19.4 Å². The van der Waals surface area contributed by atoms with Crippen molar-refractivity contribution in [2.24, 2.45) is 5.73 Å². The second-order valence-corrected chi connectivity index (χ2v) is 17.6. The summed E-state index contributed by atoms with van der Waals surface area (Å²) in [5.74, 6) is -3.15. The first-order valence-corrected chi connectivity index (χ1v) is 23.8. The van der Waals surface area contributed by atoms with Crippen molar-refractivity contribution >= 4 is 46.5 Å². The Morgan fingerprint density at radius 3 is 1.89 bits per heavy atom. The summed E-state index contributed by atoms with van der Waals surface area (Å²) in [6, 6.07) is 27.1. The molecule has 7 rings (SSSR count). The summed E-state index contributed by atoms with van der Waals surface area (Å²) in [6.07, 6.45) is 7.91. The van der Waals surface area contributed by atoms with E-state index >= 15 is 0 Å². The number of nitrogens with zero attached hydrogens (tertiary/aromatic N) is 1. The first-order chi connectivity index (χ1) is 34.5. The summed E-state index contributed by atoms with van der Waals surface area (Å²) in [5.41, 5.74) is 9.96. The zero-order valence-electron chi connectivity index (χ0n) is 39.6. The van der Waals surface area contributed by atoms with Crippen LogP contribution in [0.4, 0.5) is 4.79 Å². The average Bonchev–Trinajstić information content (AvgIpc) is 4.06. The van der Waals surface area contributed by atoms with E-state index < -0.39 is 65.8 Å². The number of benzene rings is 4. The van der Waals surface area contributed by atoms with Crippen LogP contribution in [0, 0.1) is 0 Å². The summed E-state index contributed by atoms with van der Waals surface area (Å²) in [7, 11) is 0. The van der Waals surface area contributed by atoms with Crippen molar-refractivity contribution in [3.8, 4) is 5.75 Å². The number of carbonyl (C=O) groups excluding carboxylic acids is 6. The molecule has 18 heteroatoms. The number of carbonyl (C=O) groups is 6. The molecule has 0 aliphatic heterocycles. The van der Waals surface area contributed by atoms with Crippen LogP contribution in [0.3, 0.4) is 0 Å². The van der Waals surface area contributed by atoms with E-state index in [0.29, 0.717) is 42.0 Å². The van der Waals surface area contributed by atoms with Gasteiger partial charge in [-0.3, -0.25) is 24.0 Å². The molecular weight excluding hydrogens is 907 g/mol. The standard InChI is InChI=1S/C53H61N9O9/c1-34(48(54)63)58-49(64)45(26-38-28-56-43-20-12-11-19-42(38)43)60-52(67)47(32-69-30-36-13-5-2-6-14-36)61-50(65)44(25-35-21-23-40(24-22-35)70-31-37-15-7-3-8-16-37)59-51(66)46(27-39-29-55-33-57-39)62-53(68)71-41-17-9-4-10-18-41/h2-3,5-8,11-16,19-24,28-29,33-34,41,44-47,56H,4,9-10,17-18,25-27,30-32H2,1H3,(H2,54,63)(H,55,57)(H,58,64)(H,59,66)(H,60,67)(H,61,65)(H,62,68)/t34-,44+,45+,46+,47+/m1/s1. The summed E-state index contributed by atoms with van der Waals surface area (Å²) in [5, 5.41) is 14.5. The molecule has 6 aromatic rings. The van der Waals surface area contributed by atoms with Gasteiger partial charge in [-0.2, -0.15) is 0 Å². The Kier molecular flexibility index (Phi) is 18.3. The molecule has 0 radical (unpaired) electrons. The number of primary amides is 1. The highest BCUT2D eigenvalue weighted by atomic mass is 16.6. The lowest BCUT2D eigenvalue weighted by atomic mass is 9.98. The van der Waals surface area contributed by atoms with Crippen LogP contribution in [0.1, 0.15) is 67.0 Å². The van der Waals surface area contributed by atoms with Crippen molar-refractivity contribution in [3.05, 3.63) is 156 Å². The highest BCUT2D eigenvalue weighted by molar-refractivity contribution is 5.97. The van der Waals surface area contributed by atoms with Crippen molar-refractivity contribution in [3.63, 3.8) is 0 Å². The third-order valence-corrected chi connectivity index (χ3v) is 12.2. The van der Waals surface area contributed by atoms with Crippen LogP contribution in [0.2, 0.25) is 0 Å². The summed E-state index contributed by atoms with van der Waals surface area (Å²) >= 11 is 0. The van der Waals surface area contributed by atoms with Gasteiger partial charge in [0, 0.05) is 48.3 Å². The molecule has 0 unspecified atom stereocenters. The normalized spacial score (nSPS) is 14.7. The molecule has 71 heavy (non-hydrogen) atoms. The molecule has 6 amide bonds. The molecule has 1 saturated carbocycles. The van der Waals surface area contributed by atoms with Gasteiger partial charge in [-0.25, -0.2) is 9.78 Å². The number of nitrogens with one attached hydrogen (secondary N) is 7. The van der Waals surface area contributed by atoms with Gasteiger partial charge in [-0.15, -0.1) is 0 Å². The molecule has 4 aromatic carbocycles. The number of para-hydroxylation sites is 1. The minimum absolute atomic E-state index is 0.00372.